The Hall–Kier alpha value is -1.36. The Bertz CT molecular complexity index is 523. The topological polar surface area (TPSA) is 23.8 Å². The summed E-state index contributed by atoms with van der Waals surface area (Å²) in [6.45, 7) is 2.30. The first-order chi connectivity index (χ1) is 13.2. The van der Waals surface area contributed by atoms with Crippen molar-refractivity contribution in [2.75, 3.05) is 0 Å². The van der Waals surface area contributed by atoms with Gasteiger partial charge in [-0.1, -0.05) is 50.5 Å². The molecule has 0 bridgehead atoms. The van der Waals surface area contributed by atoms with E-state index in [1.807, 2.05) is 6.08 Å². The first kappa shape index (κ1) is 21.9. The average molecular weight is 372 g/mol. The fourth-order valence-electron chi connectivity index (χ4n) is 4.76. The van der Waals surface area contributed by atoms with Crippen LogP contribution in [0.2, 0.25) is 0 Å². The zero-order valence-corrected chi connectivity index (χ0v) is 17.2. The molecule has 0 saturated heterocycles. The minimum absolute atomic E-state index is 0.715. The molecule has 2 rings (SSSR count). The van der Waals surface area contributed by atoms with E-state index in [9.17, 15) is 4.39 Å². The Morgan fingerprint density at radius 3 is 2.00 bits per heavy atom. The van der Waals surface area contributed by atoms with Crippen LogP contribution in [0.4, 0.5) is 4.39 Å². The molecule has 2 aliphatic carbocycles. The Labute approximate surface area is 166 Å². The van der Waals surface area contributed by atoms with Crippen LogP contribution in [0.5, 0.6) is 0 Å². The quantitative estimate of drug-likeness (QED) is 0.228. The highest BCUT2D eigenvalue weighted by Gasteiger charge is 2.21. The Morgan fingerprint density at radius 2 is 1.48 bits per heavy atom. The molecule has 0 aliphatic heterocycles. The summed E-state index contributed by atoms with van der Waals surface area (Å²) >= 11 is 0. The van der Waals surface area contributed by atoms with Crippen molar-refractivity contribution >= 4 is 0 Å². The molecule has 150 valence electrons. The first-order valence-corrected chi connectivity index (χ1v) is 11.3. The van der Waals surface area contributed by atoms with Gasteiger partial charge in [-0.15, -0.1) is 0 Å². The van der Waals surface area contributed by atoms with Gasteiger partial charge in [0.15, 0.2) is 5.83 Å². The fraction of sp³-hybridized carbons (Fsp3) is 0.720. The highest BCUT2D eigenvalue weighted by Crippen LogP contribution is 2.35. The van der Waals surface area contributed by atoms with Crippen LogP contribution in [0.3, 0.4) is 0 Å². The minimum atomic E-state index is -0.715. The molecular weight excluding hydrogens is 333 g/mol. The number of unbranched alkanes of at least 4 members (excludes halogenated alkanes) is 1. The summed E-state index contributed by atoms with van der Waals surface area (Å²) in [6, 6.07) is 1.49. The smallest absolute Gasteiger partial charge is 0.195 e. The lowest BCUT2D eigenvalue weighted by Crippen LogP contribution is -2.15. The molecule has 2 aliphatic rings. The lowest BCUT2D eigenvalue weighted by Gasteiger charge is -2.28. The molecule has 2 fully saturated rings. The first-order valence-electron chi connectivity index (χ1n) is 11.3. The van der Waals surface area contributed by atoms with Gasteiger partial charge in [0.1, 0.15) is 6.07 Å². The number of hydrogen-bond acceptors (Lipinski definition) is 1. The summed E-state index contributed by atoms with van der Waals surface area (Å²) in [5.41, 5.74) is 0. The molecule has 0 heterocycles. The highest BCUT2D eigenvalue weighted by atomic mass is 19.1. The maximum absolute atomic E-state index is 12.7. The molecule has 0 N–H and O–H groups in total. The van der Waals surface area contributed by atoms with E-state index in [-0.39, 0.29) is 0 Å². The molecule has 0 radical (unpaired) electrons. The van der Waals surface area contributed by atoms with Crippen molar-refractivity contribution in [2.45, 2.75) is 90.4 Å². The second kappa shape index (κ2) is 12.9. The number of nitrogens with zero attached hydrogens (tertiary/aromatic N) is 1. The van der Waals surface area contributed by atoms with Gasteiger partial charge in [0.25, 0.3) is 0 Å². The number of allylic oxidation sites excluding steroid dienone is 6. The number of rotatable bonds is 9. The van der Waals surface area contributed by atoms with Crippen LogP contribution in [0.15, 0.2) is 36.2 Å². The molecule has 0 aromatic heterocycles. The second-order valence-electron chi connectivity index (χ2n) is 8.72. The molecule has 0 unspecified atom stereocenters. The van der Waals surface area contributed by atoms with E-state index < -0.39 is 5.83 Å². The van der Waals surface area contributed by atoms with Crippen LogP contribution < -0.4 is 0 Å². The van der Waals surface area contributed by atoms with E-state index in [4.69, 9.17) is 5.26 Å². The van der Waals surface area contributed by atoms with Gasteiger partial charge in [-0.25, -0.2) is 0 Å². The summed E-state index contributed by atoms with van der Waals surface area (Å²) in [5.74, 6) is 2.74. The molecule has 2 saturated carbocycles. The van der Waals surface area contributed by atoms with E-state index in [0.29, 0.717) is 0 Å². The maximum atomic E-state index is 12.7. The van der Waals surface area contributed by atoms with Crippen molar-refractivity contribution in [1.29, 1.82) is 5.26 Å². The van der Waals surface area contributed by atoms with E-state index in [1.165, 1.54) is 89.2 Å². The van der Waals surface area contributed by atoms with Gasteiger partial charge in [0.2, 0.25) is 0 Å². The van der Waals surface area contributed by atoms with Gasteiger partial charge in [-0.05, 0) is 94.0 Å². The predicted molar refractivity (Wildman–Crippen MR) is 113 cm³/mol. The number of hydrogen-bond donors (Lipinski definition) is 0. The monoisotopic (exact) mass is 371 g/mol. The molecular formula is C25H38FN. The van der Waals surface area contributed by atoms with Crippen LogP contribution in [0.25, 0.3) is 0 Å². The standard InChI is InChI=1S/C25H38FN/c1-2-3-7-21-10-14-23(15-11-21)18-19-24-16-12-22(13-17-24)8-5-4-6-9-25(26)20-27/h4,6,9,18-19,21-24H,2-3,5,7-8,10-17H2,1H3. The van der Waals surface area contributed by atoms with E-state index in [0.717, 1.165) is 30.1 Å². The van der Waals surface area contributed by atoms with Gasteiger partial charge in [0.05, 0.1) is 0 Å². The molecule has 1 nitrogen and oxygen atoms in total. The summed E-state index contributed by atoms with van der Waals surface area (Å²) < 4.78 is 12.7. The number of nitriles is 1. The van der Waals surface area contributed by atoms with Gasteiger partial charge in [-0.3, -0.25) is 0 Å². The second-order valence-corrected chi connectivity index (χ2v) is 8.72. The Morgan fingerprint density at radius 1 is 0.926 bits per heavy atom. The largest absolute Gasteiger partial charge is 0.199 e. The summed E-state index contributed by atoms with van der Waals surface area (Å²) in [4.78, 5) is 0. The van der Waals surface area contributed by atoms with Crippen LogP contribution in [0.1, 0.15) is 90.4 Å². The van der Waals surface area contributed by atoms with Crippen LogP contribution >= 0.6 is 0 Å². The van der Waals surface area contributed by atoms with Gasteiger partial charge < -0.3 is 0 Å². The zero-order valence-electron chi connectivity index (χ0n) is 17.2. The van der Waals surface area contributed by atoms with E-state index in [2.05, 4.69) is 19.1 Å². The molecule has 0 atom stereocenters. The van der Waals surface area contributed by atoms with Crippen molar-refractivity contribution in [3.63, 3.8) is 0 Å². The lowest BCUT2D eigenvalue weighted by atomic mass is 9.77. The molecule has 0 amide bonds. The predicted octanol–water partition coefficient (Wildman–Crippen LogP) is 8.06. The van der Waals surface area contributed by atoms with Crippen LogP contribution in [0, 0.1) is 35.0 Å². The van der Waals surface area contributed by atoms with Crippen molar-refractivity contribution in [2.24, 2.45) is 23.7 Å². The third kappa shape index (κ3) is 8.91. The van der Waals surface area contributed by atoms with Crippen molar-refractivity contribution in [3.05, 3.63) is 36.2 Å². The minimum Gasteiger partial charge on any atom is -0.195 e. The SMILES string of the molecule is CCCCC1CCC(C=CC2CCC(CCC=CC=C(F)C#N)CC2)CC1. The lowest BCUT2D eigenvalue weighted by molar-refractivity contribution is 0.283. The van der Waals surface area contributed by atoms with Crippen LogP contribution in [-0.4, -0.2) is 0 Å². The third-order valence-corrected chi connectivity index (χ3v) is 6.63. The molecule has 0 aromatic rings. The molecule has 2 heteroatoms. The van der Waals surface area contributed by atoms with Gasteiger partial charge >= 0.3 is 0 Å². The van der Waals surface area contributed by atoms with Gasteiger partial charge in [0, 0.05) is 0 Å². The third-order valence-electron chi connectivity index (χ3n) is 6.63. The molecule has 0 aromatic carbocycles. The Kier molecular flexibility index (Phi) is 10.5. The highest BCUT2D eigenvalue weighted by molar-refractivity contribution is 5.18. The van der Waals surface area contributed by atoms with Crippen molar-refractivity contribution < 1.29 is 4.39 Å². The Balaban J connectivity index is 1.58. The van der Waals surface area contributed by atoms with E-state index in [1.54, 1.807) is 6.08 Å². The summed E-state index contributed by atoms with van der Waals surface area (Å²) in [7, 11) is 0. The van der Waals surface area contributed by atoms with E-state index >= 15 is 0 Å². The van der Waals surface area contributed by atoms with Crippen molar-refractivity contribution in [1.82, 2.24) is 0 Å². The average Bonchev–Trinajstić information content (AvgIpc) is 2.72. The molecule has 0 spiro atoms. The van der Waals surface area contributed by atoms with Crippen LogP contribution in [-0.2, 0) is 0 Å². The van der Waals surface area contributed by atoms with Gasteiger partial charge in [-0.2, -0.15) is 9.65 Å². The number of halogens is 1. The maximum Gasteiger partial charge on any atom is 0.199 e. The zero-order chi connectivity index (χ0) is 19.3. The molecule has 27 heavy (non-hydrogen) atoms. The fourth-order valence-corrected chi connectivity index (χ4v) is 4.76. The normalized spacial score (nSPS) is 30.0. The summed E-state index contributed by atoms with van der Waals surface area (Å²) in [5, 5.41) is 8.36. The summed E-state index contributed by atoms with van der Waals surface area (Å²) in [6.07, 6.45) is 27.4. The van der Waals surface area contributed by atoms with Crippen molar-refractivity contribution in [3.8, 4) is 6.07 Å².